The highest BCUT2D eigenvalue weighted by molar-refractivity contribution is 5.82. The van der Waals surface area contributed by atoms with Crippen LogP contribution in [0.25, 0.3) is 0 Å². The first-order chi connectivity index (χ1) is 8.15. The minimum atomic E-state index is 0.176. The molecule has 1 aliphatic rings. The van der Waals surface area contributed by atoms with E-state index >= 15 is 0 Å². The summed E-state index contributed by atoms with van der Waals surface area (Å²) < 4.78 is 10.5. The summed E-state index contributed by atoms with van der Waals surface area (Å²) in [5.74, 6) is 2.11. The molecule has 2 N–H and O–H groups in total. The number of hydrazone groups is 1. The molecule has 0 saturated carbocycles. The Morgan fingerprint density at radius 3 is 2.53 bits per heavy atom. The van der Waals surface area contributed by atoms with Gasteiger partial charge in [0.2, 0.25) is 0 Å². The van der Waals surface area contributed by atoms with Crippen LogP contribution in [-0.2, 0) is 0 Å². The van der Waals surface area contributed by atoms with Crippen molar-refractivity contribution < 1.29 is 9.47 Å². The van der Waals surface area contributed by atoms with Gasteiger partial charge >= 0.3 is 0 Å². The van der Waals surface area contributed by atoms with E-state index in [-0.39, 0.29) is 6.04 Å². The van der Waals surface area contributed by atoms with Gasteiger partial charge in [0.1, 0.15) is 5.84 Å². The average molecular weight is 235 g/mol. The molecule has 1 heterocycles. The van der Waals surface area contributed by atoms with Crippen LogP contribution < -0.4 is 15.2 Å². The minimum absolute atomic E-state index is 0.176. The molecule has 0 saturated heterocycles. The SMILES string of the molecule is COc1ccc([C@@H]2CC(N)=NN2C)cc1OC. The number of methoxy groups -OCH3 is 2. The highest BCUT2D eigenvalue weighted by Gasteiger charge is 2.24. The lowest BCUT2D eigenvalue weighted by Gasteiger charge is -2.20. The lowest BCUT2D eigenvalue weighted by Crippen LogP contribution is -2.14. The molecule has 0 radical (unpaired) electrons. The zero-order valence-electron chi connectivity index (χ0n) is 10.3. The predicted octanol–water partition coefficient (Wildman–Crippen LogP) is 1.35. The molecule has 0 unspecified atom stereocenters. The first-order valence-corrected chi connectivity index (χ1v) is 5.43. The van der Waals surface area contributed by atoms with E-state index in [1.807, 2.05) is 30.3 Å². The van der Waals surface area contributed by atoms with E-state index in [0.717, 1.165) is 23.5 Å². The molecule has 0 amide bonds. The van der Waals surface area contributed by atoms with Crippen LogP contribution in [0.2, 0.25) is 0 Å². The van der Waals surface area contributed by atoms with Crippen LogP contribution in [-0.4, -0.2) is 32.1 Å². The number of nitrogens with two attached hydrogens (primary N) is 1. The van der Waals surface area contributed by atoms with Crippen LogP contribution in [0.5, 0.6) is 11.5 Å². The Balaban J connectivity index is 2.28. The van der Waals surface area contributed by atoms with Crippen molar-refractivity contribution in [2.45, 2.75) is 12.5 Å². The molecule has 92 valence electrons. The molecule has 1 aromatic rings. The van der Waals surface area contributed by atoms with E-state index in [0.29, 0.717) is 5.84 Å². The molecule has 0 fully saturated rings. The zero-order chi connectivity index (χ0) is 12.4. The van der Waals surface area contributed by atoms with Gasteiger partial charge in [-0.15, -0.1) is 0 Å². The van der Waals surface area contributed by atoms with Gasteiger partial charge in [0.15, 0.2) is 11.5 Å². The second-order valence-electron chi connectivity index (χ2n) is 4.00. The lowest BCUT2D eigenvalue weighted by atomic mass is 10.0. The molecule has 1 aromatic carbocycles. The van der Waals surface area contributed by atoms with Gasteiger partial charge < -0.3 is 15.2 Å². The third-order valence-corrected chi connectivity index (χ3v) is 2.93. The molecule has 1 aliphatic heterocycles. The van der Waals surface area contributed by atoms with Crippen LogP contribution in [0, 0.1) is 0 Å². The van der Waals surface area contributed by atoms with Crippen molar-refractivity contribution in [1.82, 2.24) is 5.01 Å². The molecule has 0 aliphatic carbocycles. The summed E-state index contributed by atoms with van der Waals surface area (Å²) in [5.41, 5.74) is 6.85. The molecule has 0 spiro atoms. The van der Waals surface area contributed by atoms with E-state index in [1.54, 1.807) is 14.2 Å². The Bertz CT molecular complexity index is 445. The van der Waals surface area contributed by atoms with Crippen LogP contribution in [0.3, 0.4) is 0 Å². The van der Waals surface area contributed by atoms with E-state index in [9.17, 15) is 0 Å². The maximum atomic E-state index is 5.73. The Hall–Kier alpha value is -1.91. The average Bonchev–Trinajstić information content (AvgIpc) is 2.67. The fourth-order valence-corrected chi connectivity index (χ4v) is 2.04. The number of amidine groups is 1. The van der Waals surface area contributed by atoms with E-state index < -0.39 is 0 Å². The standard InChI is InChI=1S/C12H17N3O2/c1-15-9(7-12(13)14-15)8-4-5-10(16-2)11(6-8)17-3/h4-6,9H,7H2,1-3H3,(H2,13,14)/t9-/m0/s1. The quantitative estimate of drug-likeness (QED) is 0.859. The second kappa shape index (κ2) is 4.53. The van der Waals surface area contributed by atoms with Crippen molar-refractivity contribution in [2.24, 2.45) is 10.8 Å². The first-order valence-electron chi connectivity index (χ1n) is 5.43. The summed E-state index contributed by atoms with van der Waals surface area (Å²) in [6, 6.07) is 6.05. The van der Waals surface area contributed by atoms with Crippen LogP contribution in [0.15, 0.2) is 23.3 Å². The maximum absolute atomic E-state index is 5.73. The molecule has 17 heavy (non-hydrogen) atoms. The zero-order valence-corrected chi connectivity index (χ0v) is 10.3. The Labute approximate surface area is 101 Å². The summed E-state index contributed by atoms with van der Waals surface area (Å²) in [4.78, 5) is 0. The molecule has 2 rings (SSSR count). The number of hydrogen-bond acceptors (Lipinski definition) is 5. The number of rotatable bonds is 3. The maximum Gasteiger partial charge on any atom is 0.161 e. The summed E-state index contributed by atoms with van der Waals surface area (Å²) in [5, 5.41) is 6.07. The normalized spacial score (nSPS) is 19.1. The molecule has 0 aromatic heterocycles. The summed E-state index contributed by atoms with van der Waals surface area (Å²) in [6.07, 6.45) is 0.742. The van der Waals surface area contributed by atoms with Crippen molar-refractivity contribution in [3.8, 4) is 11.5 Å². The van der Waals surface area contributed by atoms with E-state index in [4.69, 9.17) is 15.2 Å². The largest absolute Gasteiger partial charge is 0.493 e. The molecular formula is C12H17N3O2. The fraction of sp³-hybridized carbons (Fsp3) is 0.417. The van der Waals surface area contributed by atoms with Gasteiger partial charge in [-0.25, -0.2) is 0 Å². The van der Waals surface area contributed by atoms with Crippen molar-refractivity contribution in [3.05, 3.63) is 23.8 Å². The predicted molar refractivity (Wildman–Crippen MR) is 66.3 cm³/mol. The summed E-state index contributed by atoms with van der Waals surface area (Å²) >= 11 is 0. The van der Waals surface area contributed by atoms with Gasteiger partial charge in [-0.2, -0.15) is 5.10 Å². The smallest absolute Gasteiger partial charge is 0.161 e. The number of ether oxygens (including phenoxy) is 2. The van der Waals surface area contributed by atoms with Crippen molar-refractivity contribution in [3.63, 3.8) is 0 Å². The Morgan fingerprint density at radius 1 is 1.29 bits per heavy atom. The van der Waals surface area contributed by atoms with Gasteiger partial charge in [0.05, 0.1) is 20.3 Å². The summed E-state index contributed by atoms with van der Waals surface area (Å²) in [7, 11) is 5.17. The molecule has 1 atom stereocenters. The second-order valence-corrected chi connectivity index (χ2v) is 4.00. The van der Waals surface area contributed by atoms with Crippen LogP contribution in [0.1, 0.15) is 18.0 Å². The monoisotopic (exact) mass is 235 g/mol. The number of nitrogens with zero attached hydrogens (tertiary/aromatic N) is 2. The van der Waals surface area contributed by atoms with E-state index in [1.165, 1.54) is 0 Å². The van der Waals surface area contributed by atoms with Crippen LogP contribution in [0.4, 0.5) is 0 Å². The van der Waals surface area contributed by atoms with Gasteiger partial charge in [-0.1, -0.05) is 6.07 Å². The van der Waals surface area contributed by atoms with Gasteiger partial charge in [0, 0.05) is 13.5 Å². The number of hydrogen-bond donors (Lipinski definition) is 1. The highest BCUT2D eigenvalue weighted by atomic mass is 16.5. The van der Waals surface area contributed by atoms with Gasteiger partial charge in [0.25, 0.3) is 0 Å². The topological polar surface area (TPSA) is 60.1 Å². The number of benzene rings is 1. The van der Waals surface area contributed by atoms with Crippen molar-refractivity contribution in [1.29, 1.82) is 0 Å². The third kappa shape index (κ3) is 2.13. The van der Waals surface area contributed by atoms with Crippen LogP contribution >= 0.6 is 0 Å². The summed E-state index contributed by atoms with van der Waals surface area (Å²) in [6.45, 7) is 0. The van der Waals surface area contributed by atoms with Crippen molar-refractivity contribution in [2.75, 3.05) is 21.3 Å². The minimum Gasteiger partial charge on any atom is -0.493 e. The Kier molecular flexibility index (Phi) is 3.08. The highest BCUT2D eigenvalue weighted by Crippen LogP contribution is 2.34. The van der Waals surface area contributed by atoms with E-state index in [2.05, 4.69) is 5.10 Å². The first kappa shape index (κ1) is 11.6. The molecule has 0 bridgehead atoms. The molecule has 5 nitrogen and oxygen atoms in total. The lowest BCUT2D eigenvalue weighted by molar-refractivity contribution is 0.288. The van der Waals surface area contributed by atoms with Gasteiger partial charge in [-0.3, -0.25) is 5.01 Å². The van der Waals surface area contributed by atoms with Gasteiger partial charge in [-0.05, 0) is 17.7 Å². The third-order valence-electron chi connectivity index (χ3n) is 2.93. The molecular weight excluding hydrogens is 218 g/mol. The van der Waals surface area contributed by atoms with Crippen molar-refractivity contribution >= 4 is 5.84 Å². The fourth-order valence-electron chi connectivity index (χ4n) is 2.04. The molecule has 5 heteroatoms. The Morgan fingerprint density at radius 2 is 2.00 bits per heavy atom.